The van der Waals surface area contributed by atoms with E-state index in [0.717, 1.165) is 74.1 Å². The monoisotopic (exact) mass is 596 g/mol. The van der Waals surface area contributed by atoms with E-state index in [-0.39, 0.29) is 6.04 Å². The molecular formula is C38H28N8. The highest BCUT2D eigenvalue weighted by molar-refractivity contribution is 6.08. The SMILES string of the molecule is C1=CC(Cc2ccc(Cc3ccc(-n4c5ncccc5c5cccnc54)cn3)cc2)NC=C1n1c2ncccc2c2cccnc21. The summed E-state index contributed by atoms with van der Waals surface area (Å²) in [7, 11) is 0. The van der Waals surface area contributed by atoms with Crippen molar-refractivity contribution in [3.8, 4) is 5.69 Å². The van der Waals surface area contributed by atoms with Gasteiger partial charge in [0.15, 0.2) is 0 Å². The van der Waals surface area contributed by atoms with Crippen LogP contribution in [0.5, 0.6) is 0 Å². The second-order valence-corrected chi connectivity index (χ2v) is 11.6. The minimum atomic E-state index is 0.197. The molecule has 1 aliphatic rings. The highest BCUT2D eigenvalue weighted by Crippen LogP contribution is 2.31. The van der Waals surface area contributed by atoms with Crippen LogP contribution in [-0.4, -0.2) is 40.1 Å². The average Bonchev–Trinajstić information content (AvgIpc) is 3.63. The van der Waals surface area contributed by atoms with Gasteiger partial charge in [0.1, 0.15) is 22.6 Å². The number of hydrogen-bond acceptors (Lipinski definition) is 6. The molecule has 8 heterocycles. The van der Waals surface area contributed by atoms with Crippen LogP contribution >= 0.6 is 0 Å². The van der Waals surface area contributed by atoms with Crippen LogP contribution < -0.4 is 5.32 Å². The highest BCUT2D eigenvalue weighted by Gasteiger charge is 2.17. The number of benzene rings is 1. The molecule has 1 aromatic carbocycles. The summed E-state index contributed by atoms with van der Waals surface area (Å²) in [5, 5.41) is 7.96. The summed E-state index contributed by atoms with van der Waals surface area (Å²) in [6.45, 7) is 0. The first-order valence-electron chi connectivity index (χ1n) is 15.4. The molecule has 1 unspecified atom stereocenters. The van der Waals surface area contributed by atoms with Crippen molar-refractivity contribution in [3.63, 3.8) is 0 Å². The Morgan fingerprint density at radius 2 is 1.11 bits per heavy atom. The van der Waals surface area contributed by atoms with E-state index in [4.69, 9.17) is 4.98 Å². The van der Waals surface area contributed by atoms with Gasteiger partial charge in [-0.2, -0.15) is 0 Å². The van der Waals surface area contributed by atoms with Gasteiger partial charge in [-0.1, -0.05) is 30.3 Å². The first-order chi connectivity index (χ1) is 22.8. The van der Waals surface area contributed by atoms with Gasteiger partial charge in [0.2, 0.25) is 0 Å². The van der Waals surface area contributed by atoms with Gasteiger partial charge in [-0.3, -0.25) is 14.1 Å². The van der Waals surface area contributed by atoms with Gasteiger partial charge in [-0.05, 0) is 84.3 Å². The predicted octanol–water partition coefficient (Wildman–Crippen LogP) is 7.03. The van der Waals surface area contributed by atoms with Gasteiger partial charge in [0.05, 0.1) is 17.6 Å². The van der Waals surface area contributed by atoms with Gasteiger partial charge in [-0.15, -0.1) is 0 Å². The van der Waals surface area contributed by atoms with Crippen LogP contribution in [0.25, 0.3) is 55.5 Å². The van der Waals surface area contributed by atoms with Crippen LogP contribution in [0.1, 0.15) is 16.8 Å². The second-order valence-electron chi connectivity index (χ2n) is 11.6. The highest BCUT2D eigenvalue weighted by atomic mass is 15.1. The van der Waals surface area contributed by atoms with Gasteiger partial charge in [-0.25, -0.2) is 19.9 Å². The number of nitrogens with one attached hydrogen (secondary N) is 1. The summed E-state index contributed by atoms with van der Waals surface area (Å²) in [4.78, 5) is 23.4. The third-order valence-corrected chi connectivity index (χ3v) is 8.71. The standard InChI is InChI=1S/C38H28N8/c1-5-31-32-6-2-18-40-36(32)45(35(31)39-17-1)29-15-13-27(43-23-29)21-25-9-11-26(12-10-25)22-28-14-16-30(24-44-28)46-37-33(7-3-19-41-37)34-8-4-20-42-38(34)46/h1-20,23-24,27,43H,21-22H2. The molecule has 9 rings (SSSR count). The predicted molar refractivity (Wildman–Crippen MR) is 182 cm³/mol. The largest absolute Gasteiger partial charge is 0.383 e. The quantitative estimate of drug-likeness (QED) is 0.222. The number of pyridine rings is 5. The first-order valence-corrected chi connectivity index (χ1v) is 15.4. The molecule has 0 amide bonds. The minimum Gasteiger partial charge on any atom is -0.383 e. The molecule has 8 nitrogen and oxygen atoms in total. The van der Waals surface area contributed by atoms with Crippen molar-refractivity contribution in [2.24, 2.45) is 0 Å². The van der Waals surface area contributed by atoms with Crippen LogP contribution in [0, 0.1) is 0 Å². The van der Waals surface area contributed by atoms with Crippen molar-refractivity contribution >= 4 is 49.8 Å². The number of dihydropyridines is 1. The van der Waals surface area contributed by atoms with Crippen LogP contribution in [0.3, 0.4) is 0 Å². The first kappa shape index (κ1) is 26.3. The maximum absolute atomic E-state index is 4.81. The lowest BCUT2D eigenvalue weighted by molar-refractivity contribution is 0.687. The van der Waals surface area contributed by atoms with E-state index in [1.165, 1.54) is 11.1 Å². The molecule has 0 radical (unpaired) electrons. The lowest BCUT2D eigenvalue weighted by atomic mass is 10.0. The van der Waals surface area contributed by atoms with E-state index in [2.05, 4.69) is 113 Å². The fourth-order valence-corrected chi connectivity index (χ4v) is 6.52. The molecule has 46 heavy (non-hydrogen) atoms. The molecule has 1 N–H and O–H groups in total. The summed E-state index contributed by atoms with van der Waals surface area (Å²) in [5.74, 6) is 0. The Hall–Kier alpha value is -6.15. The third-order valence-electron chi connectivity index (χ3n) is 8.71. The normalized spacial score (nSPS) is 14.7. The van der Waals surface area contributed by atoms with Crippen molar-refractivity contribution < 1.29 is 0 Å². The van der Waals surface area contributed by atoms with Crippen LogP contribution in [0.4, 0.5) is 0 Å². The van der Waals surface area contributed by atoms with Gasteiger partial charge in [0, 0.05) is 70.7 Å². The molecule has 0 aliphatic carbocycles. The number of rotatable bonds is 6. The Bertz CT molecular complexity index is 2340. The van der Waals surface area contributed by atoms with Crippen LogP contribution in [0.15, 0.2) is 134 Å². The van der Waals surface area contributed by atoms with Crippen LogP contribution in [0.2, 0.25) is 0 Å². The number of nitrogens with zero attached hydrogens (tertiary/aromatic N) is 7. The summed E-state index contributed by atoms with van der Waals surface area (Å²) >= 11 is 0. The van der Waals surface area contributed by atoms with E-state index < -0.39 is 0 Å². The third kappa shape index (κ3) is 4.42. The summed E-state index contributed by atoms with van der Waals surface area (Å²) in [6.07, 6.45) is 17.3. The van der Waals surface area contributed by atoms with E-state index >= 15 is 0 Å². The van der Waals surface area contributed by atoms with Crippen molar-refractivity contribution in [1.82, 2.24) is 39.4 Å². The van der Waals surface area contributed by atoms with E-state index in [0.29, 0.717) is 0 Å². The van der Waals surface area contributed by atoms with Crippen molar-refractivity contribution in [3.05, 3.63) is 151 Å². The molecule has 0 saturated heterocycles. The van der Waals surface area contributed by atoms with Crippen molar-refractivity contribution in [2.75, 3.05) is 0 Å². The Morgan fingerprint density at radius 3 is 1.61 bits per heavy atom. The molecule has 8 aromatic rings. The maximum Gasteiger partial charge on any atom is 0.146 e. The van der Waals surface area contributed by atoms with Crippen LogP contribution in [-0.2, 0) is 12.8 Å². The number of allylic oxidation sites excluding steroid dienone is 2. The molecule has 0 spiro atoms. The summed E-state index contributed by atoms with van der Waals surface area (Å²) in [5.41, 5.74) is 9.08. The molecule has 0 saturated carbocycles. The number of aromatic nitrogens is 7. The molecular weight excluding hydrogens is 568 g/mol. The molecule has 8 heteroatoms. The Labute approximate surface area is 264 Å². The summed E-state index contributed by atoms with van der Waals surface area (Å²) < 4.78 is 4.20. The molecule has 0 fully saturated rings. The minimum absolute atomic E-state index is 0.197. The maximum atomic E-state index is 4.81. The Balaban J connectivity index is 0.890. The Morgan fingerprint density at radius 1 is 0.565 bits per heavy atom. The van der Waals surface area contributed by atoms with Gasteiger partial charge in [0.25, 0.3) is 0 Å². The number of hydrogen-bond donors (Lipinski definition) is 1. The molecule has 7 aromatic heterocycles. The van der Waals surface area contributed by atoms with E-state index in [1.807, 2.05) is 55.2 Å². The fraction of sp³-hybridized carbons (Fsp3) is 0.0789. The zero-order valence-electron chi connectivity index (χ0n) is 24.8. The molecule has 0 bridgehead atoms. The average molecular weight is 597 g/mol. The zero-order valence-corrected chi connectivity index (χ0v) is 24.8. The molecule has 1 aliphatic heterocycles. The molecule has 220 valence electrons. The van der Waals surface area contributed by atoms with Gasteiger partial charge >= 0.3 is 0 Å². The molecule has 1 atom stereocenters. The van der Waals surface area contributed by atoms with Gasteiger partial charge < -0.3 is 5.32 Å². The number of fused-ring (bicyclic) bond motifs is 6. The Kier molecular flexibility index (Phi) is 6.16. The second kappa shape index (κ2) is 10.8. The fourth-order valence-electron chi connectivity index (χ4n) is 6.52. The van der Waals surface area contributed by atoms with Crippen molar-refractivity contribution in [1.29, 1.82) is 0 Å². The van der Waals surface area contributed by atoms with E-state index in [9.17, 15) is 0 Å². The topological polar surface area (TPSA) is 86.3 Å². The lowest BCUT2D eigenvalue weighted by Gasteiger charge is -2.20. The smallest absolute Gasteiger partial charge is 0.146 e. The summed E-state index contributed by atoms with van der Waals surface area (Å²) in [6, 6.07) is 29.5. The lowest BCUT2D eigenvalue weighted by Crippen LogP contribution is -2.27. The van der Waals surface area contributed by atoms with E-state index in [1.54, 1.807) is 0 Å². The van der Waals surface area contributed by atoms with Crippen molar-refractivity contribution in [2.45, 2.75) is 18.9 Å². The zero-order chi connectivity index (χ0) is 30.5.